The summed E-state index contributed by atoms with van der Waals surface area (Å²) in [4.78, 5) is 13.2. The molecule has 0 bridgehead atoms. The SMILES string of the molecule is Cc1cnc(C(=NC2CCCCCC2)NN)cn1. The molecule has 1 fully saturated rings. The van der Waals surface area contributed by atoms with Gasteiger partial charge in [-0.2, -0.15) is 0 Å². The van der Waals surface area contributed by atoms with Crippen LogP contribution in [0.1, 0.15) is 49.9 Å². The lowest BCUT2D eigenvalue weighted by Gasteiger charge is -2.12. The number of rotatable bonds is 2. The number of hydrazine groups is 1. The molecule has 0 radical (unpaired) electrons. The smallest absolute Gasteiger partial charge is 0.163 e. The number of hydrogen-bond acceptors (Lipinski definition) is 4. The van der Waals surface area contributed by atoms with Crippen LogP contribution >= 0.6 is 0 Å². The molecule has 1 heterocycles. The van der Waals surface area contributed by atoms with Crippen LogP contribution in [0.2, 0.25) is 0 Å². The zero-order valence-electron chi connectivity index (χ0n) is 10.9. The lowest BCUT2D eigenvalue weighted by Crippen LogP contribution is -2.33. The summed E-state index contributed by atoms with van der Waals surface area (Å²) in [5, 5.41) is 0. The maximum atomic E-state index is 5.55. The third kappa shape index (κ3) is 3.50. The van der Waals surface area contributed by atoms with Crippen molar-refractivity contribution in [2.45, 2.75) is 51.5 Å². The fraction of sp³-hybridized carbons (Fsp3) is 0.615. The monoisotopic (exact) mass is 247 g/mol. The number of nitrogens with two attached hydrogens (primary N) is 1. The molecule has 0 spiro atoms. The Balaban J connectivity index is 2.13. The van der Waals surface area contributed by atoms with E-state index in [0.717, 1.165) is 18.5 Å². The first-order valence-corrected chi connectivity index (χ1v) is 6.63. The molecule has 1 saturated carbocycles. The fourth-order valence-electron chi connectivity index (χ4n) is 2.26. The first-order chi connectivity index (χ1) is 8.79. The van der Waals surface area contributed by atoms with Crippen LogP contribution in [-0.2, 0) is 0 Å². The molecule has 0 amide bonds. The third-order valence-corrected chi connectivity index (χ3v) is 3.30. The summed E-state index contributed by atoms with van der Waals surface area (Å²) in [5.74, 6) is 6.20. The summed E-state index contributed by atoms with van der Waals surface area (Å²) in [7, 11) is 0. The first kappa shape index (κ1) is 13.0. The topological polar surface area (TPSA) is 76.2 Å². The molecule has 1 aromatic heterocycles. The van der Waals surface area contributed by atoms with E-state index in [0.29, 0.717) is 17.6 Å². The Morgan fingerprint density at radius 2 is 1.94 bits per heavy atom. The van der Waals surface area contributed by atoms with Gasteiger partial charge in [-0.15, -0.1) is 0 Å². The van der Waals surface area contributed by atoms with Gasteiger partial charge in [0.1, 0.15) is 5.69 Å². The van der Waals surface area contributed by atoms with Crippen molar-refractivity contribution in [1.82, 2.24) is 15.4 Å². The summed E-state index contributed by atoms with van der Waals surface area (Å²) < 4.78 is 0. The highest BCUT2D eigenvalue weighted by atomic mass is 15.3. The van der Waals surface area contributed by atoms with Gasteiger partial charge < -0.3 is 5.43 Å². The van der Waals surface area contributed by atoms with Crippen molar-refractivity contribution >= 4 is 5.84 Å². The van der Waals surface area contributed by atoms with Crippen LogP contribution in [-0.4, -0.2) is 21.8 Å². The Bertz CT molecular complexity index is 390. The van der Waals surface area contributed by atoms with E-state index >= 15 is 0 Å². The van der Waals surface area contributed by atoms with E-state index in [2.05, 4.69) is 15.4 Å². The summed E-state index contributed by atoms with van der Waals surface area (Å²) in [5.41, 5.74) is 4.26. The van der Waals surface area contributed by atoms with Crippen LogP contribution in [0.5, 0.6) is 0 Å². The second-order valence-electron chi connectivity index (χ2n) is 4.81. The van der Waals surface area contributed by atoms with E-state index in [-0.39, 0.29) is 0 Å². The van der Waals surface area contributed by atoms with Crippen molar-refractivity contribution in [1.29, 1.82) is 0 Å². The molecule has 5 nitrogen and oxygen atoms in total. The molecular weight excluding hydrogens is 226 g/mol. The lowest BCUT2D eigenvalue weighted by molar-refractivity contribution is 0.583. The van der Waals surface area contributed by atoms with E-state index in [1.165, 1.54) is 25.7 Å². The zero-order valence-corrected chi connectivity index (χ0v) is 10.9. The minimum absolute atomic E-state index is 0.363. The molecule has 2 rings (SSSR count). The summed E-state index contributed by atoms with van der Waals surface area (Å²) in [6, 6.07) is 0.363. The highest BCUT2D eigenvalue weighted by Gasteiger charge is 2.13. The number of aryl methyl sites for hydroxylation is 1. The van der Waals surface area contributed by atoms with Gasteiger partial charge in [0.25, 0.3) is 0 Å². The van der Waals surface area contributed by atoms with Crippen LogP contribution in [0.4, 0.5) is 0 Å². The second-order valence-corrected chi connectivity index (χ2v) is 4.81. The average Bonchev–Trinajstić information content (AvgIpc) is 2.66. The van der Waals surface area contributed by atoms with Crippen molar-refractivity contribution in [3.8, 4) is 0 Å². The largest absolute Gasteiger partial charge is 0.307 e. The Morgan fingerprint density at radius 3 is 2.50 bits per heavy atom. The number of aliphatic imine (C=N–C) groups is 1. The zero-order chi connectivity index (χ0) is 12.8. The summed E-state index contributed by atoms with van der Waals surface area (Å²) in [6.45, 7) is 1.91. The maximum absolute atomic E-state index is 5.55. The van der Waals surface area contributed by atoms with Crippen molar-refractivity contribution in [2.75, 3.05) is 0 Å². The van der Waals surface area contributed by atoms with Gasteiger partial charge in [-0.3, -0.25) is 9.98 Å². The maximum Gasteiger partial charge on any atom is 0.163 e. The van der Waals surface area contributed by atoms with Crippen LogP contribution in [0.15, 0.2) is 17.4 Å². The minimum Gasteiger partial charge on any atom is -0.307 e. The van der Waals surface area contributed by atoms with Crippen molar-refractivity contribution in [3.05, 3.63) is 23.8 Å². The van der Waals surface area contributed by atoms with Gasteiger partial charge in [-0.05, 0) is 19.8 Å². The molecule has 0 aromatic carbocycles. The number of nitrogens with zero attached hydrogens (tertiary/aromatic N) is 3. The predicted molar refractivity (Wildman–Crippen MR) is 72.1 cm³/mol. The molecule has 1 aromatic rings. The van der Waals surface area contributed by atoms with E-state index in [9.17, 15) is 0 Å². The van der Waals surface area contributed by atoms with Crippen LogP contribution < -0.4 is 11.3 Å². The van der Waals surface area contributed by atoms with Crippen LogP contribution in [0.3, 0.4) is 0 Å². The Hall–Kier alpha value is -1.49. The van der Waals surface area contributed by atoms with E-state index in [1.54, 1.807) is 12.4 Å². The normalized spacial score (nSPS) is 18.4. The van der Waals surface area contributed by atoms with Gasteiger partial charge in [0, 0.05) is 6.20 Å². The van der Waals surface area contributed by atoms with Gasteiger partial charge in [-0.25, -0.2) is 10.8 Å². The van der Waals surface area contributed by atoms with Gasteiger partial charge >= 0.3 is 0 Å². The number of amidine groups is 1. The molecule has 0 aliphatic heterocycles. The molecule has 1 aliphatic rings. The molecule has 0 unspecified atom stereocenters. The molecule has 98 valence electrons. The molecular formula is C13H21N5. The van der Waals surface area contributed by atoms with Crippen molar-refractivity contribution in [2.24, 2.45) is 10.8 Å². The van der Waals surface area contributed by atoms with E-state index in [1.807, 2.05) is 6.92 Å². The van der Waals surface area contributed by atoms with Gasteiger partial charge in [0.15, 0.2) is 5.84 Å². The predicted octanol–water partition coefficient (Wildman–Crippen LogP) is 1.72. The molecule has 0 atom stereocenters. The number of nitrogens with one attached hydrogen (secondary N) is 1. The third-order valence-electron chi connectivity index (χ3n) is 3.30. The van der Waals surface area contributed by atoms with Crippen molar-refractivity contribution in [3.63, 3.8) is 0 Å². The van der Waals surface area contributed by atoms with Crippen molar-refractivity contribution < 1.29 is 0 Å². The highest BCUT2D eigenvalue weighted by Crippen LogP contribution is 2.20. The second kappa shape index (κ2) is 6.44. The first-order valence-electron chi connectivity index (χ1n) is 6.63. The summed E-state index contributed by atoms with van der Waals surface area (Å²) in [6.07, 6.45) is 10.9. The lowest BCUT2D eigenvalue weighted by atomic mass is 10.1. The molecule has 18 heavy (non-hydrogen) atoms. The van der Waals surface area contributed by atoms with E-state index in [4.69, 9.17) is 10.8 Å². The quantitative estimate of drug-likeness (QED) is 0.274. The molecule has 0 saturated heterocycles. The minimum atomic E-state index is 0.363. The van der Waals surface area contributed by atoms with Crippen LogP contribution in [0.25, 0.3) is 0 Å². The van der Waals surface area contributed by atoms with Gasteiger partial charge in [0.2, 0.25) is 0 Å². The Morgan fingerprint density at radius 1 is 1.22 bits per heavy atom. The molecule has 3 N–H and O–H groups in total. The highest BCUT2D eigenvalue weighted by molar-refractivity contribution is 5.96. The number of hydrogen-bond donors (Lipinski definition) is 2. The Kier molecular flexibility index (Phi) is 4.64. The molecule has 5 heteroatoms. The van der Waals surface area contributed by atoms with Gasteiger partial charge in [-0.1, -0.05) is 25.7 Å². The van der Waals surface area contributed by atoms with E-state index < -0.39 is 0 Å². The average molecular weight is 247 g/mol. The van der Waals surface area contributed by atoms with Gasteiger partial charge in [0.05, 0.1) is 17.9 Å². The Labute approximate surface area is 108 Å². The van der Waals surface area contributed by atoms with Crippen LogP contribution in [0, 0.1) is 6.92 Å². The molecule has 1 aliphatic carbocycles. The standard InChI is InChI=1S/C13H21N5/c1-10-8-16-12(9-15-10)13(18-14)17-11-6-4-2-3-5-7-11/h8-9,11H,2-7,14H2,1H3,(H,17,18). The fourth-order valence-corrected chi connectivity index (χ4v) is 2.26. The summed E-state index contributed by atoms with van der Waals surface area (Å²) >= 11 is 0. The number of aromatic nitrogens is 2.